The van der Waals surface area contributed by atoms with Gasteiger partial charge in [-0.15, -0.1) is 0 Å². The molecule has 2 fully saturated rings. The van der Waals surface area contributed by atoms with Crippen molar-refractivity contribution >= 4 is 12.0 Å². The van der Waals surface area contributed by atoms with Crippen molar-refractivity contribution in [3.8, 4) is 0 Å². The van der Waals surface area contributed by atoms with E-state index in [0.717, 1.165) is 0 Å². The van der Waals surface area contributed by atoms with Crippen LogP contribution in [-0.4, -0.2) is 53.8 Å². The molecule has 1 unspecified atom stereocenters. The second-order valence-corrected chi connectivity index (χ2v) is 6.85. The Morgan fingerprint density at radius 1 is 1.30 bits per heavy atom. The fourth-order valence-corrected chi connectivity index (χ4v) is 3.06. The second kappa shape index (κ2) is 4.91. The lowest BCUT2D eigenvalue weighted by molar-refractivity contribution is -0.139. The van der Waals surface area contributed by atoms with Crippen LogP contribution in [0.3, 0.4) is 0 Å². The minimum Gasteiger partial charge on any atom is -0.481 e. The van der Waals surface area contributed by atoms with Crippen LogP contribution in [0.5, 0.6) is 0 Å². The van der Waals surface area contributed by atoms with Gasteiger partial charge in [0.25, 0.3) is 0 Å². The van der Waals surface area contributed by atoms with Gasteiger partial charge in [-0.25, -0.2) is 4.79 Å². The van der Waals surface area contributed by atoms with Crippen molar-refractivity contribution in [2.75, 3.05) is 19.8 Å². The summed E-state index contributed by atoms with van der Waals surface area (Å²) in [6.45, 7) is 9.71. The van der Waals surface area contributed by atoms with Gasteiger partial charge in [0.05, 0.1) is 25.7 Å². The average Bonchev–Trinajstić information content (AvgIpc) is 2.71. The topological polar surface area (TPSA) is 78.9 Å². The molecule has 6 heteroatoms. The molecule has 114 valence electrons. The number of amides is 2. The van der Waals surface area contributed by atoms with Gasteiger partial charge in [-0.2, -0.15) is 0 Å². The number of urea groups is 1. The molecule has 1 heterocycles. The largest absolute Gasteiger partial charge is 0.481 e. The van der Waals surface area contributed by atoms with E-state index in [1.165, 1.54) is 0 Å². The SMILES string of the molecule is CC1(C)C(NC(=O)N2CCOCC2CC(=O)O)C1(C)C. The van der Waals surface area contributed by atoms with E-state index in [-0.39, 0.29) is 42.0 Å². The summed E-state index contributed by atoms with van der Waals surface area (Å²) in [5.41, 5.74) is 0.133. The van der Waals surface area contributed by atoms with E-state index < -0.39 is 5.97 Å². The van der Waals surface area contributed by atoms with E-state index in [1.54, 1.807) is 4.90 Å². The lowest BCUT2D eigenvalue weighted by Gasteiger charge is -2.35. The second-order valence-electron chi connectivity index (χ2n) is 6.85. The van der Waals surface area contributed by atoms with Crippen LogP contribution in [0, 0.1) is 10.8 Å². The van der Waals surface area contributed by atoms with Crippen LogP contribution in [-0.2, 0) is 9.53 Å². The summed E-state index contributed by atoms with van der Waals surface area (Å²) in [6, 6.07) is -0.440. The van der Waals surface area contributed by atoms with Gasteiger partial charge in [-0.05, 0) is 10.8 Å². The first-order chi connectivity index (χ1) is 9.18. The Hall–Kier alpha value is -1.30. The maximum absolute atomic E-state index is 12.4. The summed E-state index contributed by atoms with van der Waals surface area (Å²) in [6.07, 6.45) is -0.0785. The van der Waals surface area contributed by atoms with Gasteiger partial charge in [0.1, 0.15) is 0 Å². The van der Waals surface area contributed by atoms with Crippen molar-refractivity contribution in [2.24, 2.45) is 10.8 Å². The van der Waals surface area contributed by atoms with Crippen LogP contribution < -0.4 is 5.32 Å². The van der Waals surface area contributed by atoms with Crippen LogP contribution in [0.2, 0.25) is 0 Å². The quantitative estimate of drug-likeness (QED) is 0.819. The minimum absolute atomic E-state index is 0.0667. The van der Waals surface area contributed by atoms with Crippen LogP contribution in [0.15, 0.2) is 0 Å². The molecule has 1 atom stereocenters. The Morgan fingerprint density at radius 3 is 2.40 bits per heavy atom. The molecule has 2 rings (SSSR count). The maximum atomic E-state index is 12.4. The first kappa shape index (κ1) is 15.1. The number of carbonyl (C=O) groups excluding carboxylic acids is 1. The molecule has 1 saturated carbocycles. The third kappa shape index (κ3) is 2.49. The van der Waals surface area contributed by atoms with Crippen LogP contribution >= 0.6 is 0 Å². The molecule has 0 aromatic carbocycles. The normalized spacial score (nSPS) is 28.0. The van der Waals surface area contributed by atoms with Crippen molar-refractivity contribution in [3.05, 3.63) is 0 Å². The van der Waals surface area contributed by atoms with E-state index >= 15 is 0 Å². The Balaban J connectivity index is 1.99. The molecule has 1 saturated heterocycles. The van der Waals surface area contributed by atoms with Crippen LogP contribution in [0.25, 0.3) is 0 Å². The Bertz CT molecular complexity index is 405. The number of ether oxygens (including phenoxy) is 1. The highest BCUT2D eigenvalue weighted by Crippen LogP contribution is 2.62. The van der Waals surface area contributed by atoms with Crippen molar-refractivity contribution in [3.63, 3.8) is 0 Å². The third-order valence-electron chi connectivity index (χ3n) is 5.19. The molecule has 2 aliphatic rings. The number of carboxylic acid groups (broad SMARTS) is 1. The van der Waals surface area contributed by atoms with Gasteiger partial charge in [0.2, 0.25) is 0 Å². The summed E-state index contributed by atoms with van der Waals surface area (Å²) in [4.78, 5) is 24.8. The number of hydrogen-bond donors (Lipinski definition) is 2. The zero-order valence-corrected chi connectivity index (χ0v) is 12.6. The highest BCUT2D eigenvalue weighted by molar-refractivity contribution is 5.77. The van der Waals surface area contributed by atoms with Crippen LogP contribution in [0.1, 0.15) is 34.1 Å². The summed E-state index contributed by atoms with van der Waals surface area (Å²) >= 11 is 0. The Morgan fingerprint density at radius 2 is 1.90 bits per heavy atom. The van der Waals surface area contributed by atoms with Gasteiger partial charge in [-0.3, -0.25) is 4.79 Å². The van der Waals surface area contributed by atoms with Gasteiger partial charge in [0.15, 0.2) is 0 Å². The van der Waals surface area contributed by atoms with Crippen molar-refractivity contribution in [2.45, 2.75) is 46.2 Å². The highest BCUT2D eigenvalue weighted by atomic mass is 16.5. The monoisotopic (exact) mass is 284 g/mol. The van der Waals surface area contributed by atoms with Gasteiger partial charge in [-0.1, -0.05) is 27.7 Å². The fourth-order valence-electron chi connectivity index (χ4n) is 3.06. The number of hydrogen-bond acceptors (Lipinski definition) is 3. The minimum atomic E-state index is -0.912. The zero-order chi connectivity index (χ0) is 15.1. The van der Waals surface area contributed by atoms with E-state index in [1.807, 2.05) is 0 Å². The van der Waals surface area contributed by atoms with Crippen LogP contribution in [0.4, 0.5) is 4.79 Å². The average molecular weight is 284 g/mol. The smallest absolute Gasteiger partial charge is 0.318 e. The molecule has 0 bridgehead atoms. The maximum Gasteiger partial charge on any atom is 0.318 e. The summed E-state index contributed by atoms with van der Waals surface area (Å²) < 4.78 is 5.28. The Labute approximate surface area is 119 Å². The first-order valence-electron chi connectivity index (χ1n) is 7.04. The number of nitrogens with zero attached hydrogens (tertiary/aromatic N) is 1. The fraction of sp³-hybridized carbons (Fsp3) is 0.857. The predicted molar refractivity (Wildman–Crippen MR) is 73.4 cm³/mol. The lowest BCUT2D eigenvalue weighted by Crippen LogP contribution is -2.54. The molecular weight excluding hydrogens is 260 g/mol. The molecule has 0 aromatic rings. The van der Waals surface area contributed by atoms with Crippen molar-refractivity contribution < 1.29 is 19.4 Å². The number of aliphatic carboxylic acids is 1. The molecule has 20 heavy (non-hydrogen) atoms. The summed E-state index contributed by atoms with van der Waals surface area (Å²) in [7, 11) is 0. The number of carboxylic acids is 1. The molecule has 1 aliphatic heterocycles. The third-order valence-corrected chi connectivity index (χ3v) is 5.19. The number of morpholine rings is 1. The molecule has 0 aromatic heterocycles. The molecule has 0 spiro atoms. The predicted octanol–water partition coefficient (Wildman–Crippen LogP) is 1.31. The number of carbonyl (C=O) groups is 2. The van der Waals surface area contributed by atoms with Gasteiger partial charge >= 0.3 is 12.0 Å². The molecular formula is C14H24N2O4. The Kier molecular flexibility index (Phi) is 3.71. The first-order valence-corrected chi connectivity index (χ1v) is 7.04. The molecule has 1 aliphatic carbocycles. The van der Waals surface area contributed by atoms with E-state index in [9.17, 15) is 9.59 Å². The molecule has 0 radical (unpaired) electrons. The molecule has 6 nitrogen and oxygen atoms in total. The van der Waals surface area contributed by atoms with Crippen molar-refractivity contribution in [1.82, 2.24) is 10.2 Å². The lowest BCUT2D eigenvalue weighted by atomic mass is 10.0. The summed E-state index contributed by atoms with van der Waals surface area (Å²) in [5.74, 6) is -0.912. The van der Waals surface area contributed by atoms with E-state index in [4.69, 9.17) is 9.84 Å². The summed E-state index contributed by atoms with van der Waals surface area (Å²) in [5, 5.41) is 12.0. The van der Waals surface area contributed by atoms with Gasteiger partial charge in [0, 0.05) is 12.6 Å². The standard InChI is InChI=1S/C14H24N2O4/c1-13(2)11(14(13,3)4)15-12(19)16-5-6-20-8-9(16)7-10(17)18/h9,11H,5-8H2,1-4H3,(H,15,19)(H,17,18). The van der Waals surface area contributed by atoms with Crippen molar-refractivity contribution in [1.29, 1.82) is 0 Å². The van der Waals surface area contributed by atoms with E-state index in [2.05, 4.69) is 33.0 Å². The number of rotatable bonds is 3. The molecule has 2 N–H and O–H groups in total. The highest BCUT2D eigenvalue weighted by Gasteiger charge is 2.65. The molecule has 2 amide bonds. The zero-order valence-electron chi connectivity index (χ0n) is 12.6. The number of nitrogens with one attached hydrogen (secondary N) is 1. The van der Waals surface area contributed by atoms with E-state index in [0.29, 0.717) is 13.2 Å². The van der Waals surface area contributed by atoms with Gasteiger partial charge < -0.3 is 20.1 Å².